The highest BCUT2D eigenvalue weighted by Crippen LogP contribution is 2.36. The fourth-order valence-corrected chi connectivity index (χ4v) is 3.17. The Balaban J connectivity index is 1.44. The molecule has 122 valence electrons. The number of rotatable bonds is 5. The fraction of sp³-hybridized carbons (Fsp3) is 0.688. The molecular formula is C16H24N2O4. The average Bonchev–Trinajstić information content (AvgIpc) is 2.96. The zero-order valence-corrected chi connectivity index (χ0v) is 13.3. The van der Waals surface area contributed by atoms with Gasteiger partial charge >= 0.3 is 0 Å². The first-order valence-corrected chi connectivity index (χ1v) is 7.77. The van der Waals surface area contributed by atoms with Crippen LogP contribution in [0.5, 0.6) is 0 Å². The number of ether oxygens (including phenoxy) is 2. The summed E-state index contributed by atoms with van der Waals surface area (Å²) in [6.45, 7) is 3.48. The molecule has 6 heteroatoms. The third-order valence-electron chi connectivity index (χ3n) is 4.37. The van der Waals surface area contributed by atoms with Crippen LogP contribution < -0.4 is 0 Å². The van der Waals surface area contributed by atoms with Crippen LogP contribution in [-0.4, -0.2) is 67.8 Å². The second kappa shape index (κ2) is 6.40. The highest BCUT2D eigenvalue weighted by atomic mass is 16.5. The number of carbonyl (C=O) groups excluding carboxylic acids is 1. The smallest absolute Gasteiger partial charge is 0.248 e. The molecule has 6 nitrogen and oxygen atoms in total. The van der Waals surface area contributed by atoms with Crippen LogP contribution in [-0.2, 0) is 20.8 Å². The molecule has 1 spiro atoms. The predicted molar refractivity (Wildman–Crippen MR) is 80.3 cm³/mol. The molecule has 1 atom stereocenters. The Morgan fingerprint density at radius 1 is 1.50 bits per heavy atom. The molecule has 0 N–H and O–H groups in total. The van der Waals surface area contributed by atoms with Gasteiger partial charge in [-0.1, -0.05) is 0 Å². The number of amides is 1. The van der Waals surface area contributed by atoms with E-state index in [4.69, 9.17) is 13.9 Å². The molecule has 2 saturated heterocycles. The molecule has 0 aliphatic carbocycles. The summed E-state index contributed by atoms with van der Waals surface area (Å²) in [7, 11) is 3.49. The van der Waals surface area contributed by atoms with Crippen LogP contribution in [0.25, 0.3) is 0 Å². The van der Waals surface area contributed by atoms with Gasteiger partial charge < -0.3 is 18.8 Å². The summed E-state index contributed by atoms with van der Waals surface area (Å²) >= 11 is 0. The van der Waals surface area contributed by atoms with Gasteiger partial charge in [-0.05, 0) is 18.6 Å². The van der Waals surface area contributed by atoms with Gasteiger partial charge in [-0.2, -0.15) is 0 Å². The average molecular weight is 308 g/mol. The first-order chi connectivity index (χ1) is 10.6. The minimum Gasteiger partial charge on any atom is -0.468 e. The summed E-state index contributed by atoms with van der Waals surface area (Å²) < 4.78 is 17.1. The second-order valence-electron chi connectivity index (χ2n) is 6.47. The summed E-state index contributed by atoms with van der Waals surface area (Å²) in [5.74, 6) is 0.989. The van der Waals surface area contributed by atoms with Crippen LogP contribution in [0.4, 0.5) is 0 Å². The van der Waals surface area contributed by atoms with E-state index >= 15 is 0 Å². The molecule has 2 aliphatic heterocycles. The minimum absolute atomic E-state index is 0.00796. The van der Waals surface area contributed by atoms with Crippen molar-refractivity contribution in [3.05, 3.63) is 24.2 Å². The topological polar surface area (TPSA) is 55.2 Å². The molecule has 1 aromatic heterocycles. The van der Waals surface area contributed by atoms with Crippen LogP contribution in [0.3, 0.4) is 0 Å². The Morgan fingerprint density at radius 3 is 3.00 bits per heavy atom. The number of hydrogen-bond acceptors (Lipinski definition) is 5. The van der Waals surface area contributed by atoms with E-state index in [-0.39, 0.29) is 24.2 Å². The van der Waals surface area contributed by atoms with E-state index in [2.05, 4.69) is 4.90 Å². The maximum atomic E-state index is 11.6. The standard InChI is InChI=1S/C16H24N2O4/c1-17(2)15(19)10-21-13-5-7-22-16(8-13)11-18(12-16)9-14-4-3-6-20-14/h3-4,6,13H,5,7-12H2,1-2H3/t13-/m0/s1. The summed E-state index contributed by atoms with van der Waals surface area (Å²) in [6, 6.07) is 3.90. The third kappa shape index (κ3) is 3.51. The Morgan fingerprint density at radius 2 is 2.32 bits per heavy atom. The zero-order valence-electron chi connectivity index (χ0n) is 13.3. The van der Waals surface area contributed by atoms with Gasteiger partial charge in [0.25, 0.3) is 0 Å². The van der Waals surface area contributed by atoms with E-state index in [0.29, 0.717) is 6.61 Å². The van der Waals surface area contributed by atoms with E-state index in [1.54, 1.807) is 25.3 Å². The Labute approximate surface area is 131 Å². The molecule has 2 aliphatic rings. The van der Waals surface area contributed by atoms with Crippen molar-refractivity contribution < 1.29 is 18.7 Å². The third-order valence-corrected chi connectivity index (χ3v) is 4.37. The SMILES string of the molecule is CN(C)C(=O)CO[C@H]1CCOC2(C1)CN(Cc1ccco1)C2. The first-order valence-electron chi connectivity index (χ1n) is 7.77. The number of furan rings is 1. The normalized spacial score (nSPS) is 24.2. The Bertz CT molecular complexity index is 494. The number of carbonyl (C=O) groups is 1. The van der Waals surface area contributed by atoms with Gasteiger partial charge in [-0.3, -0.25) is 9.69 Å². The van der Waals surface area contributed by atoms with Crippen molar-refractivity contribution in [2.75, 3.05) is 40.4 Å². The molecule has 1 aromatic rings. The lowest BCUT2D eigenvalue weighted by atomic mass is 9.84. The lowest BCUT2D eigenvalue weighted by molar-refractivity contribution is -0.200. The molecule has 22 heavy (non-hydrogen) atoms. The van der Waals surface area contributed by atoms with Crippen molar-refractivity contribution in [2.45, 2.75) is 31.1 Å². The molecule has 1 amide bonds. The second-order valence-corrected chi connectivity index (χ2v) is 6.47. The van der Waals surface area contributed by atoms with Gasteiger partial charge in [0, 0.05) is 40.2 Å². The summed E-state index contributed by atoms with van der Waals surface area (Å²) in [5.41, 5.74) is -0.101. The van der Waals surface area contributed by atoms with Crippen molar-refractivity contribution >= 4 is 5.91 Å². The predicted octanol–water partition coefficient (Wildman–Crippen LogP) is 1.12. The summed E-state index contributed by atoms with van der Waals surface area (Å²) in [5, 5.41) is 0. The van der Waals surface area contributed by atoms with Crippen LogP contribution in [0.2, 0.25) is 0 Å². The van der Waals surface area contributed by atoms with Crippen molar-refractivity contribution in [1.29, 1.82) is 0 Å². The quantitative estimate of drug-likeness (QED) is 0.816. The zero-order chi connectivity index (χ0) is 15.6. The van der Waals surface area contributed by atoms with E-state index in [0.717, 1.165) is 38.2 Å². The first kappa shape index (κ1) is 15.5. The molecular weight excluding hydrogens is 284 g/mol. The maximum absolute atomic E-state index is 11.6. The van der Waals surface area contributed by atoms with Crippen molar-refractivity contribution in [3.63, 3.8) is 0 Å². The number of likely N-dealkylation sites (N-methyl/N-ethyl adjacent to an activating group) is 1. The highest BCUT2D eigenvalue weighted by Gasteiger charge is 2.47. The van der Waals surface area contributed by atoms with Crippen molar-refractivity contribution in [2.24, 2.45) is 0 Å². The fourth-order valence-electron chi connectivity index (χ4n) is 3.17. The molecule has 0 radical (unpaired) electrons. The molecule has 3 heterocycles. The number of hydrogen-bond donors (Lipinski definition) is 0. The van der Waals surface area contributed by atoms with Crippen LogP contribution in [0.15, 0.2) is 22.8 Å². The van der Waals surface area contributed by atoms with E-state index in [1.165, 1.54) is 0 Å². The molecule has 0 saturated carbocycles. The van der Waals surface area contributed by atoms with Gasteiger partial charge in [-0.25, -0.2) is 0 Å². The van der Waals surface area contributed by atoms with E-state index < -0.39 is 0 Å². The Hall–Kier alpha value is -1.37. The van der Waals surface area contributed by atoms with Crippen LogP contribution >= 0.6 is 0 Å². The van der Waals surface area contributed by atoms with Gasteiger partial charge in [-0.15, -0.1) is 0 Å². The van der Waals surface area contributed by atoms with Gasteiger partial charge in [0.15, 0.2) is 0 Å². The molecule has 0 aromatic carbocycles. The van der Waals surface area contributed by atoms with Crippen molar-refractivity contribution in [1.82, 2.24) is 9.80 Å². The molecule has 2 fully saturated rings. The summed E-state index contributed by atoms with van der Waals surface area (Å²) in [4.78, 5) is 15.5. The summed E-state index contributed by atoms with van der Waals surface area (Å²) in [6.07, 6.45) is 3.54. The maximum Gasteiger partial charge on any atom is 0.248 e. The monoisotopic (exact) mass is 308 g/mol. The van der Waals surface area contributed by atoms with Gasteiger partial charge in [0.1, 0.15) is 12.4 Å². The molecule has 0 unspecified atom stereocenters. The molecule has 0 bridgehead atoms. The number of likely N-dealkylation sites (tertiary alicyclic amines) is 1. The minimum atomic E-state index is -0.101. The van der Waals surface area contributed by atoms with Crippen molar-refractivity contribution in [3.8, 4) is 0 Å². The lowest BCUT2D eigenvalue weighted by Crippen LogP contribution is -2.65. The lowest BCUT2D eigenvalue weighted by Gasteiger charge is -2.52. The van der Waals surface area contributed by atoms with Crippen LogP contribution in [0, 0.1) is 0 Å². The van der Waals surface area contributed by atoms with E-state index in [9.17, 15) is 4.79 Å². The van der Waals surface area contributed by atoms with Gasteiger partial charge in [0.2, 0.25) is 5.91 Å². The van der Waals surface area contributed by atoms with Gasteiger partial charge in [0.05, 0.1) is 24.5 Å². The highest BCUT2D eigenvalue weighted by molar-refractivity contribution is 5.76. The number of nitrogens with zero attached hydrogens (tertiary/aromatic N) is 2. The molecule has 3 rings (SSSR count). The van der Waals surface area contributed by atoms with Crippen LogP contribution in [0.1, 0.15) is 18.6 Å². The Kier molecular flexibility index (Phi) is 4.52. The largest absolute Gasteiger partial charge is 0.468 e. The van der Waals surface area contributed by atoms with E-state index in [1.807, 2.05) is 12.1 Å².